The highest BCUT2D eigenvalue weighted by Gasteiger charge is 2.36. The summed E-state index contributed by atoms with van der Waals surface area (Å²) in [5.74, 6) is 2.11. The van der Waals surface area contributed by atoms with Crippen LogP contribution < -0.4 is 18.9 Å². The van der Waals surface area contributed by atoms with Crippen LogP contribution in [0, 0.1) is 4.91 Å². The molecular formula is C32H26NO8PS2. The number of nitrogens with zero attached hydrogens (tertiary/aromatic N) is 1. The van der Waals surface area contributed by atoms with E-state index in [0.29, 0.717) is 34.1 Å². The first-order valence-electron chi connectivity index (χ1n) is 13.2. The maximum atomic E-state index is 14.2. The first-order valence-corrected chi connectivity index (χ1v) is 16.4. The van der Waals surface area contributed by atoms with E-state index < -0.39 is 7.75 Å². The summed E-state index contributed by atoms with van der Waals surface area (Å²) < 4.78 is 48.4. The van der Waals surface area contributed by atoms with Crippen molar-refractivity contribution in [3.05, 3.63) is 100.0 Å². The predicted molar refractivity (Wildman–Crippen MR) is 172 cm³/mol. The van der Waals surface area contributed by atoms with Gasteiger partial charge in [-0.1, -0.05) is 59.9 Å². The van der Waals surface area contributed by atoms with Crippen LogP contribution in [0.15, 0.2) is 97.3 Å². The van der Waals surface area contributed by atoms with E-state index in [0.717, 1.165) is 30.7 Å². The molecule has 9 nitrogen and oxygen atoms in total. The van der Waals surface area contributed by atoms with Crippen molar-refractivity contribution in [3.8, 4) is 23.0 Å². The lowest BCUT2D eigenvalue weighted by atomic mass is 10.1. The monoisotopic (exact) mass is 647 g/mol. The van der Waals surface area contributed by atoms with Crippen LogP contribution in [0.3, 0.4) is 0 Å². The summed E-state index contributed by atoms with van der Waals surface area (Å²) >= 11 is 2.94. The van der Waals surface area contributed by atoms with Gasteiger partial charge in [0.1, 0.15) is 11.5 Å². The van der Waals surface area contributed by atoms with E-state index in [4.69, 9.17) is 28.0 Å². The van der Waals surface area contributed by atoms with E-state index in [1.807, 2.05) is 48.5 Å². The fourth-order valence-electron chi connectivity index (χ4n) is 4.79. The number of hydrogen-bond donors (Lipinski definition) is 0. The molecule has 4 aromatic rings. The molecule has 0 bridgehead atoms. The van der Waals surface area contributed by atoms with E-state index in [1.54, 1.807) is 50.6 Å². The van der Waals surface area contributed by atoms with Crippen LogP contribution in [0.25, 0.3) is 23.7 Å². The molecule has 6 rings (SSSR count). The number of benzene rings is 4. The topological polar surface area (TPSA) is 102 Å². The Hall–Kier alpha value is -4.31. The zero-order valence-corrected chi connectivity index (χ0v) is 26.6. The van der Waals surface area contributed by atoms with Gasteiger partial charge in [0.2, 0.25) is 0 Å². The lowest BCUT2D eigenvalue weighted by Crippen LogP contribution is -1.99. The van der Waals surface area contributed by atoms with Crippen LogP contribution in [0.5, 0.6) is 23.0 Å². The number of fused-ring (bicyclic) bond motifs is 4. The number of ether oxygens (including phenoxy) is 4. The van der Waals surface area contributed by atoms with Crippen molar-refractivity contribution in [2.24, 2.45) is 4.95 Å². The highest BCUT2D eigenvalue weighted by atomic mass is 32.2. The standard InChI is InChI=1S/C32H26NO8PS2/c1-36-25-15-21-23(13-19-9-5-7-11-29(19)43-31(21)17-27(25)38-3)40-42(35,33-34)41-24-14-20-10-6-8-12-30(20)44-32-18-28(39-4)26(37-2)16-22(24)32/h5-18H,1-4H3. The predicted octanol–water partition coefficient (Wildman–Crippen LogP) is 9.25. The van der Waals surface area contributed by atoms with E-state index >= 15 is 0 Å². The molecule has 2 aliphatic heterocycles. The van der Waals surface area contributed by atoms with Gasteiger partial charge in [-0.3, -0.25) is 0 Å². The van der Waals surface area contributed by atoms with Crippen LogP contribution >= 0.6 is 31.3 Å². The maximum Gasteiger partial charge on any atom is 0.600 e. The van der Waals surface area contributed by atoms with E-state index in [9.17, 15) is 9.47 Å². The number of methoxy groups -OCH3 is 4. The van der Waals surface area contributed by atoms with Crippen molar-refractivity contribution in [2.45, 2.75) is 19.6 Å². The molecule has 2 heterocycles. The van der Waals surface area contributed by atoms with Crippen LogP contribution in [0.2, 0.25) is 0 Å². The van der Waals surface area contributed by atoms with Crippen molar-refractivity contribution >= 4 is 54.9 Å². The molecule has 224 valence electrons. The Labute approximate surface area is 262 Å². The largest absolute Gasteiger partial charge is 0.600 e. The van der Waals surface area contributed by atoms with Gasteiger partial charge in [-0.2, -0.15) is 0 Å². The first-order chi connectivity index (χ1) is 21.4. The third-order valence-electron chi connectivity index (χ3n) is 6.88. The molecule has 0 atom stereocenters. The fourth-order valence-corrected chi connectivity index (χ4v) is 7.82. The van der Waals surface area contributed by atoms with Gasteiger partial charge in [-0.05, 0) is 59.7 Å². The molecule has 0 saturated carbocycles. The molecule has 0 saturated heterocycles. The molecule has 44 heavy (non-hydrogen) atoms. The van der Waals surface area contributed by atoms with Gasteiger partial charge < -0.3 is 28.0 Å². The molecular weight excluding hydrogens is 621 g/mol. The van der Waals surface area contributed by atoms with Gasteiger partial charge in [0.25, 0.3) is 0 Å². The van der Waals surface area contributed by atoms with Gasteiger partial charge in [-0.15, -0.1) is 4.91 Å². The molecule has 0 fully saturated rings. The van der Waals surface area contributed by atoms with Crippen LogP contribution in [0.4, 0.5) is 0 Å². The Balaban J connectivity index is 1.47. The molecule has 0 radical (unpaired) electrons. The quantitative estimate of drug-likeness (QED) is 0.129. The van der Waals surface area contributed by atoms with E-state index in [2.05, 4.69) is 4.95 Å². The summed E-state index contributed by atoms with van der Waals surface area (Å²) in [7, 11) is 1.40. The summed E-state index contributed by atoms with van der Waals surface area (Å²) in [5, 5.41) is 0. The third kappa shape index (κ3) is 5.66. The van der Waals surface area contributed by atoms with Crippen LogP contribution in [-0.2, 0) is 13.6 Å². The highest BCUT2D eigenvalue weighted by molar-refractivity contribution is 7.99. The first kappa shape index (κ1) is 29.7. The average molecular weight is 648 g/mol. The normalized spacial score (nSPS) is 13.3. The summed E-state index contributed by atoms with van der Waals surface area (Å²) in [6.07, 6.45) is 3.41. The lowest BCUT2D eigenvalue weighted by molar-refractivity contribution is 0.347. The molecule has 4 aromatic carbocycles. The second kappa shape index (κ2) is 12.4. The van der Waals surface area contributed by atoms with Crippen molar-refractivity contribution < 1.29 is 32.6 Å². The molecule has 2 aliphatic rings. The van der Waals surface area contributed by atoms with Crippen LogP contribution in [-0.4, -0.2) is 28.4 Å². The Morgan fingerprint density at radius 2 is 0.955 bits per heavy atom. The summed E-state index contributed by atoms with van der Waals surface area (Å²) in [5.41, 5.74) is 2.64. The van der Waals surface area contributed by atoms with Crippen molar-refractivity contribution in [1.82, 2.24) is 0 Å². The molecule has 0 aliphatic carbocycles. The van der Waals surface area contributed by atoms with E-state index in [-0.39, 0.29) is 11.5 Å². The maximum absolute atomic E-state index is 14.2. The summed E-state index contributed by atoms with van der Waals surface area (Å²) in [6, 6.07) is 22.3. The highest BCUT2D eigenvalue weighted by Crippen LogP contribution is 2.60. The Bertz CT molecular complexity index is 1760. The Morgan fingerprint density at radius 1 is 0.568 bits per heavy atom. The molecule has 0 unspecified atom stereocenters. The van der Waals surface area contributed by atoms with Crippen molar-refractivity contribution in [2.75, 3.05) is 28.4 Å². The lowest BCUT2D eigenvalue weighted by Gasteiger charge is -2.20. The van der Waals surface area contributed by atoms with Gasteiger partial charge >= 0.3 is 7.75 Å². The summed E-state index contributed by atoms with van der Waals surface area (Å²) in [4.78, 5) is 18.6. The van der Waals surface area contributed by atoms with E-state index in [1.165, 1.54) is 37.7 Å². The average Bonchev–Trinajstić information content (AvgIpc) is 3.29. The smallest absolute Gasteiger partial charge is 0.493 e. The summed E-state index contributed by atoms with van der Waals surface area (Å²) in [6.45, 7) is 0. The second-order valence-electron chi connectivity index (χ2n) is 9.44. The van der Waals surface area contributed by atoms with Crippen LogP contribution in [0.1, 0.15) is 22.3 Å². The second-order valence-corrected chi connectivity index (χ2v) is 13.1. The number of hydrogen-bond acceptors (Lipinski definition) is 10. The zero-order chi connectivity index (χ0) is 30.8. The van der Waals surface area contributed by atoms with Crippen molar-refractivity contribution in [3.63, 3.8) is 0 Å². The molecule has 0 amide bonds. The Morgan fingerprint density at radius 3 is 1.34 bits per heavy atom. The minimum Gasteiger partial charge on any atom is -0.493 e. The fraction of sp³-hybridized carbons (Fsp3) is 0.125. The SMILES string of the molecule is COc1cc2c(cc1OC)C(OP(=O)(N=O)OC1=Cc3ccccc3Sc3cc(OC)c(OC)cc31)=Cc1ccccc1S2. The zero-order valence-electron chi connectivity index (χ0n) is 24.1. The minimum absolute atomic E-state index is 0.123. The van der Waals surface area contributed by atoms with Gasteiger partial charge in [0.05, 0.1) is 33.4 Å². The van der Waals surface area contributed by atoms with Gasteiger partial charge in [-0.25, -0.2) is 4.57 Å². The third-order valence-corrected chi connectivity index (χ3v) is 10.2. The van der Waals surface area contributed by atoms with Crippen molar-refractivity contribution in [1.29, 1.82) is 0 Å². The Kier molecular flexibility index (Phi) is 8.35. The number of rotatable bonds is 9. The molecule has 12 heteroatoms. The van der Waals surface area contributed by atoms with Gasteiger partial charge in [0, 0.05) is 30.7 Å². The number of nitroso groups, excluding NO2 is 1. The van der Waals surface area contributed by atoms with Gasteiger partial charge in [0.15, 0.2) is 23.0 Å². The molecule has 0 spiro atoms. The molecule has 0 N–H and O–H groups in total. The minimum atomic E-state index is -4.73. The molecule has 0 aromatic heterocycles.